The highest BCUT2D eigenvalue weighted by Crippen LogP contribution is 2.40. The van der Waals surface area contributed by atoms with Gasteiger partial charge in [-0.1, -0.05) is 0 Å². The molecule has 0 radical (unpaired) electrons. The molecule has 1 aliphatic rings. The van der Waals surface area contributed by atoms with Gasteiger partial charge >= 0.3 is 0 Å². The van der Waals surface area contributed by atoms with E-state index in [1.165, 1.54) is 0 Å². The van der Waals surface area contributed by atoms with Crippen molar-refractivity contribution in [1.29, 1.82) is 0 Å². The summed E-state index contributed by atoms with van der Waals surface area (Å²) in [4.78, 5) is 4.09. The fourth-order valence-corrected chi connectivity index (χ4v) is 2.56. The summed E-state index contributed by atoms with van der Waals surface area (Å²) in [6, 6.07) is 1.61. The molecule has 1 aromatic heterocycles. The van der Waals surface area contributed by atoms with Crippen molar-refractivity contribution in [1.82, 2.24) is 4.98 Å². The van der Waals surface area contributed by atoms with Crippen LogP contribution in [0.4, 0.5) is 8.78 Å². The summed E-state index contributed by atoms with van der Waals surface area (Å²) < 4.78 is 31.6. The molecule has 1 atom stereocenters. The summed E-state index contributed by atoms with van der Waals surface area (Å²) in [6.07, 6.45) is 4.13. The molecule has 0 bridgehead atoms. The van der Waals surface area contributed by atoms with Crippen molar-refractivity contribution in [2.45, 2.75) is 44.6 Å². The molecule has 0 spiro atoms. The lowest BCUT2D eigenvalue weighted by Gasteiger charge is -2.32. The minimum atomic E-state index is -2.51. The van der Waals surface area contributed by atoms with Crippen LogP contribution in [0.5, 0.6) is 5.75 Å². The van der Waals surface area contributed by atoms with Crippen molar-refractivity contribution in [3.05, 3.63) is 24.0 Å². The molecule has 2 rings (SSSR count). The second-order valence-corrected chi connectivity index (χ2v) is 5.11. The smallest absolute Gasteiger partial charge is 0.248 e. The van der Waals surface area contributed by atoms with Crippen LogP contribution in [0.1, 0.15) is 44.2 Å². The van der Waals surface area contributed by atoms with Gasteiger partial charge in [0.1, 0.15) is 5.75 Å². The topological polar surface area (TPSA) is 48.1 Å². The lowest BCUT2D eigenvalue weighted by molar-refractivity contribution is -0.0483. The van der Waals surface area contributed by atoms with E-state index in [2.05, 4.69) is 4.98 Å². The molecule has 1 aromatic rings. The molecule has 3 nitrogen and oxygen atoms in total. The molecule has 1 aliphatic carbocycles. The third-order valence-electron chi connectivity index (χ3n) is 3.70. The minimum absolute atomic E-state index is 0.0655. The molecule has 0 saturated heterocycles. The zero-order chi connectivity index (χ0) is 13.9. The number of nitrogens with two attached hydrogens (primary N) is 1. The van der Waals surface area contributed by atoms with Crippen molar-refractivity contribution >= 4 is 0 Å². The monoisotopic (exact) mass is 270 g/mol. The quantitative estimate of drug-likeness (QED) is 0.913. The van der Waals surface area contributed by atoms with Crippen LogP contribution in [0, 0.1) is 5.92 Å². The molecule has 0 amide bonds. The highest BCUT2D eigenvalue weighted by Gasteiger charge is 2.37. The van der Waals surface area contributed by atoms with E-state index in [9.17, 15) is 8.78 Å². The largest absolute Gasteiger partial charge is 0.492 e. The SMILES string of the molecule is CCOc1cncc(C(N)C2CCC(F)(F)CC2)c1. The van der Waals surface area contributed by atoms with E-state index < -0.39 is 5.92 Å². The van der Waals surface area contributed by atoms with E-state index in [0.717, 1.165) is 5.56 Å². The molecule has 19 heavy (non-hydrogen) atoms. The first-order valence-corrected chi connectivity index (χ1v) is 6.73. The third-order valence-corrected chi connectivity index (χ3v) is 3.70. The Bertz CT molecular complexity index is 416. The zero-order valence-corrected chi connectivity index (χ0v) is 11.1. The van der Waals surface area contributed by atoms with Crippen molar-refractivity contribution in [3.8, 4) is 5.75 Å². The second-order valence-electron chi connectivity index (χ2n) is 5.11. The van der Waals surface area contributed by atoms with Gasteiger partial charge in [0.15, 0.2) is 0 Å². The van der Waals surface area contributed by atoms with Crippen LogP contribution in [0.3, 0.4) is 0 Å². The second kappa shape index (κ2) is 5.82. The van der Waals surface area contributed by atoms with Crippen molar-refractivity contribution in [2.24, 2.45) is 11.7 Å². The molecule has 0 aliphatic heterocycles. The standard InChI is InChI=1S/C14H20F2N2O/c1-2-19-12-7-11(8-18-9-12)13(17)10-3-5-14(15,16)6-4-10/h7-10,13H,2-6,17H2,1H3. The fourth-order valence-electron chi connectivity index (χ4n) is 2.56. The van der Waals surface area contributed by atoms with Gasteiger partial charge in [0.2, 0.25) is 5.92 Å². The maximum atomic E-state index is 13.1. The molecular formula is C14H20F2N2O. The number of hydrogen-bond donors (Lipinski definition) is 1. The number of rotatable bonds is 4. The van der Waals surface area contributed by atoms with Gasteiger partial charge in [-0.3, -0.25) is 4.98 Å². The predicted octanol–water partition coefficient (Wildman–Crippen LogP) is 3.31. The van der Waals surface area contributed by atoms with Gasteiger partial charge in [0.25, 0.3) is 0 Å². The Hall–Kier alpha value is -1.23. The summed E-state index contributed by atoms with van der Waals surface area (Å²) in [7, 11) is 0. The van der Waals surface area contributed by atoms with Gasteiger partial charge in [-0.2, -0.15) is 0 Å². The van der Waals surface area contributed by atoms with E-state index in [1.807, 2.05) is 13.0 Å². The van der Waals surface area contributed by atoms with Crippen LogP contribution in [0.25, 0.3) is 0 Å². The van der Waals surface area contributed by atoms with Crippen LogP contribution in [-0.2, 0) is 0 Å². The Morgan fingerprint density at radius 3 is 2.74 bits per heavy atom. The molecule has 5 heteroatoms. The summed E-state index contributed by atoms with van der Waals surface area (Å²) in [5.74, 6) is -1.74. The highest BCUT2D eigenvalue weighted by molar-refractivity contribution is 5.26. The summed E-state index contributed by atoms with van der Waals surface area (Å²) >= 11 is 0. The maximum absolute atomic E-state index is 13.1. The summed E-state index contributed by atoms with van der Waals surface area (Å²) in [5.41, 5.74) is 7.05. The van der Waals surface area contributed by atoms with Gasteiger partial charge in [-0.05, 0) is 37.3 Å². The van der Waals surface area contributed by atoms with Crippen molar-refractivity contribution in [3.63, 3.8) is 0 Å². The Morgan fingerprint density at radius 2 is 2.11 bits per heavy atom. The Balaban J connectivity index is 2.03. The number of aromatic nitrogens is 1. The van der Waals surface area contributed by atoms with E-state index in [1.54, 1.807) is 12.4 Å². The number of halogens is 2. The van der Waals surface area contributed by atoms with E-state index in [-0.39, 0.29) is 24.8 Å². The van der Waals surface area contributed by atoms with Crippen LogP contribution in [-0.4, -0.2) is 17.5 Å². The van der Waals surface area contributed by atoms with E-state index in [4.69, 9.17) is 10.5 Å². The number of pyridine rings is 1. The average molecular weight is 270 g/mol. The zero-order valence-electron chi connectivity index (χ0n) is 11.1. The molecule has 1 unspecified atom stereocenters. The van der Waals surface area contributed by atoms with Gasteiger partial charge < -0.3 is 10.5 Å². The molecule has 106 valence electrons. The van der Waals surface area contributed by atoms with Crippen molar-refractivity contribution < 1.29 is 13.5 Å². The number of nitrogens with zero attached hydrogens (tertiary/aromatic N) is 1. The third kappa shape index (κ3) is 3.62. The van der Waals surface area contributed by atoms with E-state index in [0.29, 0.717) is 25.2 Å². The van der Waals surface area contributed by atoms with Gasteiger partial charge in [-0.15, -0.1) is 0 Å². The van der Waals surface area contributed by atoms with Crippen LogP contribution >= 0.6 is 0 Å². The fraction of sp³-hybridized carbons (Fsp3) is 0.643. The molecule has 1 fully saturated rings. The Morgan fingerprint density at radius 1 is 1.42 bits per heavy atom. The molecular weight excluding hydrogens is 250 g/mol. The number of alkyl halides is 2. The molecule has 0 aromatic carbocycles. The molecule has 2 N–H and O–H groups in total. The van der Waals surface area contributed by atoms with Gasteiger partial charge in [0.05, 0.1) is 12.8 Å². The average Bonchev–Trinajstić information content (AvgIpc) is 2.39. The number of hydrogen-bond acceptors (Lipinski definition) is 3. The van der Waals surface area contributed by atoms with Gasteiger partial charge in [-0.25, -0.2) is 8.78 Å². The lowest BCUT2D eigenvalue weighted by Crippen LogP contribution is -2.31. The Labute approximate surface area is 112 Å². The minimum Gasteiger partial charge on any atom is -0.492 e. The predicted molar refractivity (Wildman–Crippen MR) is 69.2 cm³/mol. The Kier molecular flexibility index (Phi) is 4.34. The summed E-state index contributed by atoms with van der Waals surface area (Å²) in [6.45, 7) is 2.46. The highest BCUT2D eigenvalue weighted by atomic mass is 19.3. The van der Waals surface area contributed by atoms with E-state index >= 15 is 0 Å². The van der Waals surface area contributed by atoms with Crippen LogP contribution < -0.4 is 10.5 Å². The summed E-state index contributed by atoms with van der Waals surface area (Å²) in [5, 5.41) is 0. The first-order valence-electron chi connectivity index (χ1n) is 6.73. The maximum Gasteiger partial charge on any atom is 0.248 e. The molecule has 1 heterocycles. The lowest BCUT2D eigenvalue weighted by atomic mass is 9.80. The van der Waals surface area contributed by atoms with Crippen molar-refractivity contribution in [2.75, 3.05) is 6.61 Å². The first-order chi connectivity index (χ1) is 9.02. The normalized spacial score (nSPS) is 21.1. The van der Waals surface area contributed by atoms with Crippen LogP contribution in [0.2, 0.25) is 0 Å². The number of ether oxygens (including phenoxy) is 1. The van der Waals surface area contributed by atoms with Gasteiger partial charge in [0, 0.05) is 25.1 Å². The van der Waals surface area contributed by atoms with Crippen LogP contribution in [0.15, 0.2) is 18.5 Å². The first kappa shape index (κ1) is 14.2. The molecule has 1 saturated carbocycles.